The quantitative estimate of drug-likeness (QED) is 0.596. The Morgan fingerprint density at radius 1 is 1.14 bits per heavy atom. The van der Waals surface area contributed by atoms with Crippen LogP contribution in [0.15, 0.2) is 24.3 Å². The van der Waals surface area contributed by atoms with Crippen molar-refractivity contribution in [2.24, 2.45) is 0 Å². The van der Waals surface area contributed by atoms with Crippen molar-refractivity contribution >= 4 is 17.7 Å². The first-order valence-corrected chi connectivity index (χ1v) is 6.86. The molecule has 0 fully saturated rings. The standard InChI is InChI=1S/C15H18N2O4/c1-21-9-5-4-8-16-13(18)10-17-14(19)11-6-2-3-7-12(11)15(17)20/h2-3,6-7H,4-5,8-10H2,1H3,(H,16,18). The Bertz CT molecular complexity index is 521. The van der Waals surface area contributed by atoms with Crippen LogP contribution in [0.3, 0.4) is 0 Å². The predicted octanol–water partition coefficient (Wildman–Crippen LogP) is 0.825. The molecular weight excluding hydrogens is 272 g/mol. The normalized spacial score (nSPS) is 13.5. The van der Waals surface area contributed by atoms with Crippen LogP contribution in [-0.4, -0.2) is 49.4 Å². The Balaban J connectivity index is 1.86. The number of imide groups is 1. The van der Waals surface area contributed by atoms with Gasteiger partial charge in [0.25, 0.3) is 11.8 Å². The van der Waals surface area contributed by atoms with Crippen LogP contribution in [0.5, 0.6) is 0 Å². The second-order valence-electron chi connectivity index (χ2n) is 4.79. The van der Waals surface area contributed by atoms with E-state index in [2.05, 4.69) is 5.32 Å². The van der Waals surface area contributed by atoms with E-state index in [9.17, 15) is 14.4 Å². The summed E-state index contributed by atoms with van der Waals surface area (Å²) in [6, 6.07) is 6.59. The summed E-state index contributed by atoms with van der Waals surface area (Å²) in [5.41, 5.74) is 0.714. The summed E-state index contributed by atoms with van der Waals surface area (Å²) in [5, 5.41) is 2.70. The number of amides is 3. The number of unbranched alkanes of at least 4 members (excludes halogenated alkanes) is 1. The fourth-order valence-corrected chi connectivity index (χ4v) is 2.18. The molecule has 6 heteroatoms. The van der Waals surface area contributed by atoms with Crippen LogP contribution in [0.4, 0.5) is 0 Å². The zero-order valence-electron chi connectivity index (χ0n) is 11.9. The largest absolute Gasteiger partial charge is 0.385 e. The lowest BCUT2D eigenvalue weighted by Crippen LogP contribution is -2.40. The molecule has 6 nitrogen and oxygen atoms in total. The van der Waals surface area contributed by atoms with E-state index in [-0.39, 0.29) is 12.5 Å². The maximum Gasteiger partial charge on any atom is 0.262 e. The molecule has 1 heterocycles. The van der Waals surface area contributed by atoms with Crippen molar-refractivity contribution in [2.45, 2.75) is 12.8 Å². The third-order valence-corrected chi connectivity index (χ3v) is 3.28. The van der Waals surface area contributed by atoms with Gasteiger partial charge in [0.15, 0.2) is 0 Å². The zero-order chi connectivity index (χ0) is 15.2. The van der Waals surface area contributed by atoms with Gasteiger partial charge in [-0.25, -0.2) is 0 Å². The lowest BCUT2D eigenvalue weighted by molar-refractivity contribution is -0.121. The Kier molecular flexibility index (Phi) is 5.05. The molecule has 0 atom stereocenters. The highest BCUT2D eigenvalue weighted by molar-refractivity contribution is 6.22. The number of carbonyl (C=O) groups excluding carboxylic acids is 3. The smallest absolute Gasteiger partial charge is 0.262 e. The first-order chi connectivity index (χ1) is 10.1. The molecule has 1 aliphatic heterocycles. The summed E-state index contributed by atoms with van der Waals surface area (Å²) in [5.74, 6) is -1.16. The molecule has 0 bridgehead atoms. The van der Waals surface area contributed by atoms with E-state index in [0.717, 1.165) is 17.7 Å². The Morgan fingerprint density at radius 3 is 2.33 bits per heavy atom. The van der Waals surface area contributed by atoms with E-state index in [4.69, 9.17) is 4.74 Å². The number of benzene rings is 1. The molecule has 2 rings (SSSR count). The third-order valence-electron chi connectivity index (χ3n) is 3.28. The second kappa shape index (κ2) is 6.99. The number of ether oxygens (including phenoxy) is 1. The minimum absolute atomic E-state index is 0.239. The van der Waals surface area contributed by atoms with Gasteiger partial charge < -0.3 is 10.1 Å². The number of nitrogens with zero attached hydrogens (tertiary/aromatic N) is 1. The number of methoxy groups -OCH3 is 1. The van der Waals surface area contributed by atoms with Gasteiger partial charge in [0.2, 0.25) is 5.91 Å². The van der Waals surface area contributed by atoms with Crippen LogP contribution in [0.1, 0.15) is 33.6 Å². The number of carbonyl (C=O) groups is 3. The second-order valence-corrected chi connectivity index (χ2v) is 4.79. The molecule has 1 aliphatic rings. The van der Waals surface area contributed by atoms with E-state index in [1.165, 1.54) is 0 Å². The Labute approximate surface area is 123 Å². The van der Waals surface area contributed by atoms with Crippen LogP contribution < -0.4 is 5.32 Å². The van der Waals surface area contributed by atoms with Gasteiger partial charge in [0.1, 0.15) is 6.54 Å². The lowest BCUT2D eigenvalue weighted by atomic mass is 10.1. The molecule has 0 aromatic heterocycles. The van der Waals surface area contributed by atoms with Crippen molar-refractivity contribution in [3.05, 3.63) is 35.4 Å². The van der Waals surface area contributed by atoms with Crippen LogP contribution in [-0.2, 0) is 9.53 Å². The average Bonchev–Trinajstić information content (AvgIpc) is 2.73. The van der Waals surface area contributed by atoms with Crippen LogP contribution in [0.25, 0.3) is 0 Å². The molecule has 0 unspecified atom stereocenters. The van der Waals surface area contributed by atoms with Crippen molar-refractivity contribution < 1.29 is 19.1 Å². The first kappa shape index (κ1) is 15.2. The number of rotatable bonds is 7. The Morgan fingerprint density at radius 2 is 1.76 bits per heavy atom. The summed E-state index contributed by atoms with van der Waals surface area (Å²) in [6.07, 6.45) is 1.64. The SMILES string of the molecule is COCCCCNC(=O)CN1C(=O)c2ccccc2C1=O. The highest BCUT2D eigenvalue weighted by Crippen LogP contribution is 2.21. The maximum atomic E-state index is 12.1. The van der Waals surface area contributed by atoms with E-state index >= 15 is 0 Å². The molecule has 1 N–H and O–H groups in total. The summed E-state index contributed by atoms with van der Waals surface area (Å²) in [4.78, 5) is 36.9. The molecule has 0 saturated carbocycles. The number of hydrogen-bond donors (Lipinski definition) is 1. The van der Waals surface area contributed by atoms with Crippen LogP contribution in [0, 0.1) is 0 Å². The van der Waals surface area contributed by atoms with Crippen molar-refractivity contribution in [1.29, 1.82) is 0 Å². The number of fused-ring (bicyclic) bond motifs is 1. The summed E-state index contributed by atoms with van der Waals surface area (Å²) in [6.45, 7) is 0.913. The fraction of sp³-hybridized carbons (Fsp3) is 0.400. The highest BCUT2D eigenvalue weighted by Gasteiger charge is 2.35. The molecule has 1 aromatic carbocycles. The predicted molar refractivity (Wildman–Crippen MR) is 75.9 cm³/mol. The van der Waals surface area contributed by atoms with Gasteiger partial charge in [-0.3, -0.25) is 19.3 Å². The van der Waals surface area contributed by atoms with E-state index in [1.807, 2.05) is 0 Å². The summed E-state index contributed by atoms with van der Waals surface area (Å²) in [7, 11) is 1.63. The van der Waals surface area contributed by atoms with E-state index in [0.29, 0.717) is 24.3 Å². The van der Waals surface area contributed by atoms with Crippen molar-refractivity contribution in [1.82, 2.24) is 10.2 Å². The fourth-order valence-electron chi connectivity index (χ4n) is 2.18. The monoisotopic (exact) mass is 290 g/mol. The molecule has 1 aromatic rings. The van der Waals surface area contributed by atoms with Crippen LogP contribution >= 0.6 is 0 Å². The summed E-state index contributed by atoms with van der Waals surface area (Å²) >= 11 is 0. The van der Waals surface area contributed by atoms with Gasteiger partial charge in [-0.2, -0.15) is 0 Å². The van der Waals surface area contributed by atoms with Gasteiger partial charge in [-0.15, -0.1) is 0 Å². The minimum atomic E-state index is -0.412. The topological polar surface area (TPSA) is 75.7 Å². The van der Waals surface area contributed by atoms with E-state index < -0.39 is 11.8 Å². The third kappa shape index (κ3) is 3.46. The zero-order valence-corrected chi connectivity index (χ0v) is 11.9. The highest BCUT2D eigenvalue weighted by atomic mass is 16.5. The number of hydrogen-bond acceptors (Lipinski definition) is 4. The number of nitrogens with one attached hydrogen (secondary N) is 1. The van der Waals surface area contributed by atoms with Crippen molar-refractivity contribution in [3.63, 3.8) is 0 Å². The molecule has 21 heavy (non-hydrogen) atoms. The van der Waals surface area contributed by atoms with E-state index in [1.54, 1.807) is 31.4 Å². The Hall–Kier alpha value is -2.21. The van der Waals surface area contributed by atoms with Crippen LogP contribution in [0.2, 0.25) is 0 Å². The molecular formula is C15H18N2O4. The molecule has 0 radical (unpaired) electrons. The van der Waals surface area contributed by atoms with Crippen molar-refractivity contribution in [2.75, 3.05) is 26.8 Å². The average molecular weight is 290 g/mol. The minimum Gasteiger partial charge on any atom is -0.385 e. The molecule has 112 valence electrons. The van der Waals surface area contributed by atoms with Gasteiger partial charge >= 0.3 is 0 Å². The van der Waals surface area contributed by atoms with Crippen molar-refractivity contribution in [3.8, 4) is 0 Å². The molecule has 0 saturated heterocycles. The first-order valence-electron chi connectivity index (χ1n) is 6.86. The van der Waals surface area contributed by atoms with Gasteiger partial charge in [0, 0.05) is 20.3 Å². The maximum absolute atomic E-state index is 12.1. The van der Waals surface area contributed by atoms with Gasteiger partial charge in [0.05, 0.1) is 11.1 Å². The molecule has 0 spiro atoms. The van der Waals surface area contributed by atoms with Gasteiger partial charge in [-0.1, -0.05) is 12.1 Å². The molecule has 0 aliphatic carbocycles. The summed E-state index contributed by atoms with van der Waals surface area (Å²) < 4.78 is 4.91. The molecule has 3 amide bonds. The lowest BCUT2D eigenvalue weighted by Gasteiger charge is -2.13. The van der Waals surface area contributed by atoms with Gasteiger partial charge in [-0.05, 0) is 25.0 Å².